The average molecular weight is 165 g/mol. The van der Waals surface area contributed by atoms with E-state index in [2.05, 4.69) is 0 Å². The minimum absolute atomic E-state index is 0.0722. The highest BCUT2D eigenvalue weighted by Crippen LogP contribution is 2.16. The van der Waals surface area contributed by atoms with Crippen molar-refractivity contribution in [1.29, 1.82) is 0 Å². The first-order valence-electron chi connectivity index (χ1n) is 4.03. The second kappa shape index (κ2) is 3.25. The van der Waals surface area contributed by atoms with Crippen molar-refractivity contribution >= 4 is 0 Å². The molecule has 1 aliphatic carbocycles. The van der Waals surface area contributed by atoms with E-state index in [4.69, 9.17) is 10.8 Å². The van der Waals surface area contributed by atoms with Crippen molar-refractivity contribution in [3.63, 3.8) is 0 Å². The van der Waals surface area contributed by atoms with Gasteiger partial charge in [0.05, 0.1) is 12.1 Å². The maximum atomic E-state index is 8.97. The van der Waals surface area contributed by atoms with Gasteiger partial charge in [-0.25, -0.2) is 0 Å². The normalized spacial score (nSPS) is 29.3. The van der Waals surface area contributed by atoms with Gasteiger partial charge >= 0.3 is 0 Å². The number of aliphatic hydroxyl groups excluding tert-OH is 1. The zero-order chi connectivity index (χ0) is 9.19. The van der Waals surface area contributed by atoms with Crippen molar-refractivity contribution in [3.05, 3.63) is 35.5 Å². The van der Waals surface area contributed by atoms with Crippen LogP contribution in [0.5, 0.6) is 0 Å². The first-order valence-corrected chi connectivity index (χ1v) is 4.03. The smallest absolute Gasteiger partial charge is 0.0684 e. The molecule has 1 unspecified atom stereocenters. The molecule has 2 nitrogen and oxygen atoms in total. The Morgan fingerprint density at radius 1 is 1.42 bits per heavy atom. The molecular weight excluding hydrogens is 150 g/mol. The van der Waals surface area contributed by atoms with Gasteiger partial charge in [0.2, 0.25) is 0 Å². The zero-order valence-corrected chi connectivity index (χ0v) is 7.54. The molecule has 0 aliphatic heterocycles. The molecule has 0 aromatic heterocycles. The number of allylic oxidation sites excluding steroid dienone is 2. The van der Waals surface area contributed by atoms with Gasteiger partial charge < -0.3 is 10.8 Å². The van der Waals surface area contributed by atoms with Crippen LogP contribution >= 0.6 is 0 Å². The Kier molecular flexibility index (Phi) is 2.50. The van der Waals surface area contributed by atoms with Crippen LogP contribution in [0.15, 0.2) is 35.5 Å². The molecule has 0 aromatic rings. The maximum Gasteiger partial charge on any atom is 0.0684 e. The maximum absolute atomic E-state index is 8.97. The van der Waals surface area contributed by atoms with Crippen molar-refractivity contribution in [3.8, 4) is 0 Å². The number of hydrogen-bond acceptors (Lipinski definition) is 2. The third-order valence-electron chi connectivity index (χ3n) is 2.01. The van der Waals surface area contributed by atoms with E-state index in [1.165, 1.54) is 0 Å². The fourth-order valence-electron chi connectivity index (χ4n) is 1.06. The van der Waals surface area contributed by atoms with E-state index in [9.17, 15) is 0 Å². The van der Waals surface area contributed by atoms with Crippen LogP contribution in [0, 0.1) is 0 Å². The summed E-state index contributed by atoms with van der Waals surface area (Å²) in [7, 11) is 0. The summed E-state index contributed by atoms with van der Waals surface area (Å²) in [5.74, 6) is 0. The van der Waals surface area contributed by atoms with Crippen LogP contribution < -0.4 is 5.73 Å². The Morgan fingerprint density at radius 3 is 2.58 bits per heavy atom. The first kappa shape index (κ1) is 9.23. The van der Waals surface area contributed by atoms with Crippen molar-refractivity contribution in [2.24, 2.45) is 5.73 Å². The molecule has 0 saturated heterocycles. The lowest BCUT2D eigenvalue weighted by Crippen LogP contribution is -2.30. The Labute approximate surface area is 73.1 Å². The largest absolute Gasteiger partial charge is 0.392 e. The second-order valence-corrected chi connectivity index (χ2v) is 3.40. The van der Waals surface area contributed by atoms with Gasteiger partial charge in [0.1, 0.15) is 0 Å². The van der Waals surface area contributed by atoms with E-state index in [-0.39, 0.29) is 6.61 Å². The molecule has 2 heteroatoms. The third-order valence-corrected chi connectivity index (χ3v) is 2.01. The summed E-state index contributed by atoms with van der Waals surface area (Å²) in [5.41, 5.74) is 7.49. The molecule has 12 heavy (non-hydrogen) atoms. The minimum atomic E-state index is -0.391. The minimum Gasteiger partial charge on any atom is -0.392 e. The summed E-state index contributed by atoms with van der Waals surface area (Å²) < 4.78 is 0. The molecule has 0 fully saturated rings. The van der Waals surface area contributed by atoms with Gasteiger partial charge in [0.15, 0.2) is 0 Å². The molecule has 0 aromatic carbocycles. The van der Waals surface area contributed by atoms with Crippen LogP contribution in [0.4, 0.5) is 0 Å². The number of rotatable bonds is 1. The topological polar surface area (TPSA) is 46.2 Å². The number of hydrogen-bond donors (Lipinski definition) is 2. The molecule has 0 saturated carbocycles. The fraction of sp³-hybridized carbons (Fsp3) is 0.400. The molecule has 1 aliphatic rings. The highest BCUT2D eigenvalue weighted by atomic mass is 16.3. The van der Waals surface area contributed by atoms with Crippen LogP contribution in [0.2, 0.25) is 0 Å². The molecule has 0 spiro atoms. The van der Waals surface area contributed by atoms with Crippen molar-refractivity contribution in [1.82, 2.24) is 0 Å². The fourth-order valence-corrected chi connectivity index (χ4v) is 1.06. The zero-order valence-electron chi connectivity index (χ0n) is 7.54. The van der Waals surface area contributed by atoms with Crippen LogP contribution in [0.3, 0.4) is 0 Å². The molecule has 66 valence electrons. The van der Waals surface area contributed by atoms with Gasteiger partial charge in [-0.2, -0.15) is 0 Å². The van der Waals surface area contributed by atoms with E-state index >= 15 is 0 Å². The lowest BCUT2D eigenvalue weighted by molar-refractivity contribution is 0.334. The highest BCUT2D eigenvalue weighted by molar-refractivity contribution is 5.39. The quantitative estimate of drug-likeness (QED) is 0.612. The standard InChI is InChI=1S/C10H15NO/c1-8-3-5-10(2,11)6-4-9(8)7-12/h3-6,12H,7,11H2,1-2H3. The number of aliphatic hydroxyl groups is 1. The van der Waals surface area contributed by atoms with E-state index < -0.39 is 5.54 Å². The van der Waals surface area contributed by atoms with Crippen LogP contribution in [0.25, 0.3) is 0 Å². The summed E-state index contributed by atoms with van der Waals surface area (Å²) >= 11 is 0. The SMILES string of the molecule is CC1=C(CO)C=CC(C)(N)C=C1. The Balaban J connectivity index is 2.99. The predicted octanol–water partition coefficient (Wildman–Crippen LogP) is 1.14. The molecule has 0 bridgehead atoms. The lowest BCUT2D eigenvalue weighted by Gasteiger charge is -2.12. The summed E-state index contributed by atoms with van der Waals surface area (Å²) in [6.07, 6.45) is 7.66. The van der Waals surface area contributed by atoms with Crippen molar-refractivity contribution in [2.45, 2.75) is 19.4 Å². The van der Waals surface area contributed by atoms with Crippen molar-refractivity contribution < 1.29 is 5.11 Å². The molecule has 1 rings (SSSR count). The summed E-state index contributed by atoms with van der Waals surface area (Å²) in [5, 5.41) is 8.97. The molecule has 0 amide bonds. The first-order chi connectivity index (χ1) is 5.55. The Morgan fingerprint density at radius 2 is 2.00 bits per heavy atom. The van der Waals surface area contributed by atoms with Gasteiger partial charge in [0.25, 0.3) is 0 Å². The molecule has 0 heterocycles. The van der Waals surface area contributed by atoms with Crippen LogP contribution in [-0.2, 0) is 0 Å². The molecule has 0 radical (unpaired) electrons. The summed E-state index contributed by atoms with van der Waals surface area (Å²) in [4.78, 5) is 0. The van der Waals surface area contributed by atoms with Gasteiger partial charge in [-0.15, -0.1) is 0 Å². The monoisotopic (exact) mass is 165 g/mol. The van der Waals surface area contributed by atoms with Gasteiger partial charge in [0, 0.05) is 0 Å². The van der Waals surface area contributed by atoms with E-state index in [0.717, 1.165) is 11.1 Å². The Hall–Kier alpha value is -0.860. The second-order valence-electron chi connectivity index (χ2n) is 3.40. The van der Waals surface area contributed by atoms with E-state index in [0.29, 0.717) is 0 Å². The third kappa shape index (κ3) is 2.06. The number of nitrogens with two attached hydrogens (primary N) is 1. The molecule has 3 N–H and O–H groups in total. The Bertz CT molecular complexity index is 259. The summed E-state index contributed by atoms with van der Waals surface area (Å²) in [6, 6.07) is 0. The van der Waals surface area contributed by atoms with E-state index in [1.54, 1.807) is 0 Å². The van der Waals surface area contributed by atoms with Gasteiger partial charge in [-0.3, -0.25) is 0 Å². The van der Waals surface area contributed by atoms with Crippen molar-refractivity contribution in [2.75, 3.05) is 6.61 Å². The highest BCUT2D eigenvalue weighted by Gasteiger charge is 2.12. The van der Waals surface area contributed by atoms with Crippen LogP contribution in [0.1, 0.15) is 13.8 Å². The molecular formula is C10H15NO. The predicted molar refractivity (Wildman–Crippen MR) is 50.7 cm³/mol. The van der Waals surface area contributed by atoms with Gasteiger partial charge in [-0.05, 0) is 25.0 Å². The lowest BCUT2D eigenvalue weighted by atomic mass is 10.0. The van der Waals surface area contributed by atoms with E-state index in [1.807, 2.05) is 38.2 Å². The summed E-state index contributed by atoms with van der Waals surface area (Å²) in [6.45, 7) is 3.96. The molecule has 1 atom stereocenters. The van der Waals surface area contributed by atoms with Gasteiger partial charge in [-0.1, -0.05) is 24.3 Å². The van der Waals surface area contributed by atoms with Crippen LogP contribution in [-0.4, -0.2) is 17.3 Å². The average Bonchev–Trinajstić information content (AvgIpc) is 2.13.